The number of hydrogen-bond donors (Lipinski definition) is 2. The van der Waals surface area contributed by atoms with E-state index in [0.29, 0.717) is 30.4 Å². The molecule has 0 unspecified atom stereocenters. The van der Waals surface area contributed by atoms with Gasteiger partial charge in [-0.05, 0) is 39.1 Å². The van der Waals surface area contributed by atoms with E-state index in [9.17, 15) is 4.79 Å². The summed E-state index contributed by atoms with van der Waals surface area (Å²) in [6, 6.07) is 5.81. The lowest BCUT2D eigenvalue weighted by Crippen LogP contribution is -2.32. The molecular weight excluding hydrogens is 302 g/mol. The first kappa shape index (κ1) is 20.0. The number of hydrogen-bond acceptors (Lipinski definition) is 4. The molecule has 0 fully saturated rings. The second kappa shape index (κ2) is 9.98. The molecule has 134 valence electrons. The van der Waals surface area contributed by atoms with Gasteiger partial charge in [-0.1, -0.05) is 26.5 Å². The van der Waals surface area contributed by atoms with E-state index in [1.54, 1.807) is 6.92 Å². The van der Waals surface area contributed by atoms with Crippen molar-refractivity contribution in [1.82, 2.24) is 10.2 Å². The first-order valence-corrected chi connectivity index (χ1v) is 8.37. The fourth-order valence-electron chi connectivity index (χ4n) is 2.03. The minimum atomic E-state index is -0.0784. The minimum Gasteiger partial charge on any atom is -0.494 e. The van der Waals surface area contributed by atoms with E-state index in [4.69, 9.17) is 4.74 Å². The summed E-state index contributed by atoms with van der Waals surface area (Å²) in [5.41, 5.74) is 2.44. The molecule has 0 radical (unpaired) electrons. The maximum absolute atomic E-state index is 12.5. The summed E-state index contributed by atoms with van der Waals surface area (Å²) in [6.45, 7) is 12.5. The van der Waals surface area contributed by atoms with Crippen molar-refractivity contribution in [3.63, 3.8) is 0 Å². The second-order valence-electron chi connectivity index (χ2n) is 6.70. The highest BCUT2D eigenvalue weighted by atomic mass is 16.5. The summed E-state index contributed by atoms with van der Waals surface area (Å²) >= 11 is 0. The van der Waals surface area contributed by atoms with Crippen LogP contribution in [0.4, 0.5) is 5.69 Å². The normalized spacial score (nSPS) is 10.8. The third-order valence-electron chi connectivity index (χ3n) is 3.39. The number of nitrogens with one attached hydrogen (secondary N) is 2. The number of carbonyl (C=O) groups excluding carboxylic acids is 1. The number of rotatable bonds is 10. The Morgan fingerprint density at radius 2 is 2.04 bits per heavy atom. The maximum atomic E-state index is 12.5. The molecule has 0 aliphatic heterocycles. The largest absolute Gasteiger partial charge is 0.494 e. The van der Waals surface area contributed by atoms with Crippen LogP contribution in [0.25, 0.3) is 0 Å². The molecule has 0 atom stereocenters. The fraction of sp³-hybridized carbons (Fsp3) is 0.526. The van der Waals surface area contributed by atoms with Gasteiger partial charge in [0, 0.05) is 36.4 Å². The van der Waals surface area contributed by atoms with Crippen LogP contribution in [0.15, 0.2) is 30.5 Å². The van der Waals surface area contributed by atoms with Gasteiger partial charge in [0.25, 0.3) is 5.91 Å². The molecule has 1 rings (SSSR count). The average Bonchev–Trinajstić information content (AvgIpc) is 2.50. The van der Waals surface area contributed by atoms with Crippen LogP contribution < -0.4 is 10.6 Å². The Hall–Kier alpha value is -2.01. The molecular formula is C19H31N3O2. The molecule has 0 aromatic heterocycles. The van der Waals surface area contributed by atoms with Crippen molar-refractivity contribution < 1.29 is 9.53 Å². The quantitative estimate of drug-likeness (QED) is 0.646. The van der Waals surface area contributed by atoms with Crippen LogP contribution in [0.2, 0.25) is 0 Å². The van der Waals surface area contributed by atoms with E-state index in [2.05, 4.69) is 31.1 Å². The Morgan fingerprint density at radius 3 is 2.62 bits per heavy atom. The van der Waals surface area contributed by atoms with E-state index in [-0.39, 0.29) is 5.91 Å². The maximum Gasteiger partial charge on any atom is 0.251 e. The van der Waals surface area contributed by atoms with Gasteiger partial charge in [0.2, 0.25) is 0 Å². The van der Waals surface area contributed by atoms with Crippen LogP contribution in [0.1, 0.15) is 36.7 Å². The lowest BCUT2D eigenvalue weighted by atomic mass is 10.1. The standard InChI is InChI=1S/C19H31N3O2/c1-14(2)12-21-17-8-7-16(13-24-15(3)4)18(11-17)19(23)20-9-10-22(5)6/h7-8,11,14,21H,3,9-10,12-13H2,1-2,4-6H3,(H,20,23). The van der Waals surface area contributed by atoms with Gasteiger partial charge in [0.05, 0.1) is 5.76 Å². The molecule has 1 aromatic rings. The smallest absolute Gasteiger partial charge is 0.251 e. The molecule has 5 nitrogen and oxygen atoms in total. The van der Waals surface area contributed by atoms with Crippen LogP contribution in [0.3, 0.4) is 0 Å². The average molecular weight is 333 g/mol. The molecule has 0 bridgehead atoms. The first-order chi connectivity index (χ1) is 11.3. The van der Waals surface area contributed by atoms with Crippen molar-refractivity contribution in [1.29, 1.82) is 0 Å². The monoisotopic (exact) mass is 333 g/mol. The van der Waals surface area contributed by atoms with Gasteiger partial charge >= 0.3 is 0 Å². The zero-order chi connectivity index (χ0) is 18.1. The Balaban J connectivity index is 2.89. The van der Waals surface area contributed by atoms with E-state index < -0.39 is 0 Å². The van der Waals surface area contributed by atoms with Crippen LogP contribution in [0.5, 0.6) is 0 Å². The lowest BCUT2D eigenvalue weighted by Gasteiger charge is -2.16. The van der Waals surface area contributed by atoms with E-state index in [1.807, 2.05) is 37.2 Å². The van der Waals surface area contributed by atoms with Crippen LogP contribution in [-0.4, -0.2) is 44.5 Å². The van der Waals surface area contributed by atoms with E-state index in [1.165, 1.54) is 0 Å². The molecule has 0 heterocycles. The molecule has 0 saturated heterocycles. The highest BCUT2D eigenvalue weighted by Crippen LogP contribution is 2.18. The van der Waals surface area contributed by atoms with Crippen molar-refractivity contribution in [2.75, 3.05) is 39.0 Å². The number of amides is 1. The Kier molecular flexibility index (Phi) is 8.33. The topological polar surface area (TPSA) is 53.6 Å². The number of carbonyl (C=O) groups is 1. The summed E-state index contributed by atoms with van der Waals surface area (Å²) in [5.74, 6) is 1.09. The van der Waals surface area contributed by atoms with Gasteiger partial charge in [0.15, 0.2) is 0 Å². The van der Waals surface area contributed by atoms with Crippen LogP contribution in [0, 0.1) is 5.92 Å². The highest BCUT2D eigenvalue weighted by molar-refractivity contribution is 5.96. The molecule has 0 aliphatic carbocycles. The highest BCUT2D eigenvalue weighted by Gasteiger charge is 2.13. The number of benzene rings is 1. The zero-order valence-electron chi connectivity index (χ0n) is 15.6. The van der Waals surface area contributed by atoms with Crippen molar-refractivity contribution in [2.45, 2.75) is 27.4 Å². The molecule has 0 saturated carbocycles. The van der Waals surface area contributed by atoms with Crippen molar-refractivity contribution in [2.24, 2.45) is 5.92 Å². The van der Waals surface area contributed by atoms with E-state index >= 15 is 0 Å². The molecule has 0 spiro atoms. The Bertz CT molecular complexity index is 554. The molecule has 1 aromatic carbocycles. The van der Waals surface area contributed by atoms with E-state index in [0.717, 1.165) is 24.3 Å². The number of anilines is 1. The van der Waals surface area contributed by atoms with Gasteiger partial charge in [-0.25, -0.2) is 0 Å². The number of allylic oxidation sites excluding steroid dienone is 1. The Labute approximate surface area is 146 Å². The van der Waals surface area contributed by atoms with Gasteiger partial charge < -0.3 is 20.3 Å². The van der Waals surface area contributed by atoms with Crippen LogP contribution in [-0.2, 0) is 11.3 Å². The first-order valence-electron chi connectivity index (χ1n) is 8.37. The Morgan fingerprint density at radius 1 is 1.33 bits per heavy atom. The number of ether oxygens (including phenoxy) is 1. The summed E-state index contributed by atoms with van der Waals surface area (Å²) < 4.78 is 5.50. The minimum absolute atomic E-state index is 0.0784. The molecule has 2 N–H and O–H groups in total. The molecule has 0 aliphatic rings. The summed E-state index contributed by atoms with van der Waals surface area (Å²) in [4.78, 5) is 14.6. The number of likely N-dealkylation sites (N-methyl/N-ethyl adjacent to an activating group) is 1. The molecule has 24 heavy (non-hydrogen) atoms. The van der Waals surface area contributed by atoms with Crippen molar-refractivity contribution in [3.05, 3.63) is 41.7 Å². The fourth-order valence-corrected chi connectivity index (χ4v) is 2.03. The third kappa shape index (κ3) is 7.51. The zero-order valence-corrected chi connectivity index (χ0v) is 15.6. The summed E-state index contributed by atoms with van der Waals surface area (Å²) in [7, 11) is 3.96. The van der Waals surface area contributed by atoms with Gasteiger partial charge in [0.1, 0.15) is 6.61 Å². The SMILES string of the molecule is C=C(C)OCc1ccc(NCC(C)C)cc1C(=O)NCCN(C)C. The lowest BCUT2D eigenvalue weighted by molar-refractivity contribution is 0.0946. The van der Waals surface area contributed by atoms with Crippen LogP contribution >= 0.6 is 0 Å². The molecule has 5 heteroatoms. The number of nitrogens with zero attached hydrogens (tertiary/aromatic N) is 1. The van der Waals surface area contributed by atoms with Crippen molar-refractivity contribution >= 4 is 11.6 Å². The van der Waals surface area contributed by atoms with Gasteiger partial charge in [-0.2, -0.15) is 0 Å². The summed E-state index contributed by atoms with van der Waals surface area (Å²) in [6.07, 6.45) is 0. The van der Waals surface area contributed by atoms with Crippen molar-refractivity contribution in [3.8, 4) is 0 Å². The predicted molar refractivity (Wildman–Crippen MR) is 100 cm³/mol. The predicted octanol–water partition coefficient (Wildman–Crippen LogP) is 3.10. The third-order valence-corrected chi connectivity index (χ3v) is 3.39. The van der Waals surface area contributed by atoms with Gasteiger partial charge in [-0.3, -0.25) is 4.79 Å². The van der Waals surface area contributed by atoms with Gasteiger partial charge in [-0.15, -0.1) is 0 Å². The second-order valence-corrected chi connectivity index (χ2v) is 6.70. The molecule has 1 amide bonds. The summed E-state index contributed by atoms with van der Waals surface area (Å²) in [5, 5.41) is 6.32.